The summed E-state index contributed by atoms with van der Waals surface area (Å²) in [4.78, 5) is 14.3. The molecule has 0 radical (unpaired) electrons. The van der Waals surface area contributed by atoms with Crippen LogP contribution in [0.3, 0.4) is 0 Å². The molecule has 2 rings (SSSR count). The molecule has 7 heteroatoms. The van der Waals surface area contributed by atoms with Gasteiger partial charge in [-0.1, -0.05) is 19.3 Å². The van der Waals surface area contributed by atoms with E-state index in [4.69, 9.17) is 0 Å². The Labute approximate surface area is 125 Å². The van der Waals surface area contributed by atoms with Crippen molar-refractivity contribution in [1.82, 2.24) is 4.98 Å². The fourth-order valence-corrected chi connectivity index (χ4v) is 3.10. The highest BCUT2D eigenvalue weighted by molar-refractivity contribution is 9.10. The maximum absolute atomic E-state index is 10.7. The van der Waals surface area contributed by atoms with Crippen molar-refractivity contribution in [2.75, 3.05) is 18.5 Å². The standard InChI is InChI=1S/C13H18BrN3O3/c14-11-6-10(17(19)20)7-15-12(11)16-8-13(9-18)4-2-1-3-5-13/h6-7,18H,1-5,8-9H2,(H,15,16). The third-order valence-corrected chi connectivity index (χ3v) is 4.52. The van der Waals surface area contributed by atoms with Crippen LogP contribution in [0.4, 0.5) is 11.5 Å². The molecule has 1 saturated carbocycles. The quantitative estimate of drug-likeness (QED) is 0.633. The average molecular weight is 344 g/mol. The minimum Gasteiger partial charge on any atom is -0.396 e. The van der Waals surface area contributed by atoms with E-state index in [1.54, 1.807) is 0 Å². The van der Waals surface area contributed by atoms with Gasteiger partial charge in [-0.05, 0) is 28.8 Å². The zero-order valence-electron chi connectivity index (χ0n) is 11.1. The fourth-order valence-electron chi connectivity index (χ4n) is 2.62. The molecule has 0 spiro atoms. The predicted molar refractivity (Wildman–Crippen MR) is 79.7 cm³/mol. The average Bonchev–Trinajstić information content (AvgIpc) is 2.47. The second-order valence-corrected chi connectivity index (χ2v) is 6.21. The van der Waals surface area contributed by atoms with Gasteiger partial charge in [0.15, 0.2) is 0 Å². The van der Waals surface area contributed by atoms with E-state index in [1.165, 1.54) is 18.7 Å². The van der Waals surface area contributed by atoms with Crippen molar-refractivity contribution in [3.8, 4) is 0 Å². The lowest BCUT2D eigenvalue weighted by molar-refractivity contribution is -0.385. The van der Waals surface area contributed by atoms with E-state index in [-0.39, 0.29) is 17.7 Å². The lowest BCUT2D eigenvalue weighted by Crippen LogP contribution is -2.35. The molecule has 0 saturated heterocycles. The van der Waals surface area contributed by atoms with Crippen LogP contribution < -0.4 is 5.32 Å². The number of nitrogens with one attached hydrogen (secondary N) is 1. The first-order chi connectivity index (χ1) is 9.56. The van der Waals surface area contributed by atoms with Crippen molar-refractivity contribution < 1.29 is 10.0 Å². The molecule has 20 heavy (non-hydrogen) atoms. The van der Waals surface area contributed by atoms with Gasteiger partial charge in [0, 0.05) is 18.0 Å². The Balaban J connectivity index is 2.04. The minimum absolute atomic E-state index is 0.0445. The summed E-state index contributed by atoms with van der Waals surface area (Å²) in [7, 11) is 0. The molecule has 0 amide bonds. The summed E-state index contributed by atoms with van der Waals surface area (Å²) >= 11 is 3.29. The van der Waals surface area contributed by atoms with Crippen molar-refractivity contribution in [3.05, 3.63) is 26.9 Å². The van der Waals surface area contributed by atoms with Crippen molar-refractivity contribution in [2.24, 2.45) is 5.41 Å². The molecule has 0 aliphatic heterocycles. The van der Waals surface area contributed by atoms with Gasteiger partial charge in [0.2, 0.25) is 0 Å². The molecule has 1 aliphatic rings. The van der Waals surface area contributed by atoms with Gasteiger partial charge in [-0.2, -0.15) is 0 Å². The minimum atomic E-state index is -0.474. The Morgan fingerprint density at radius 3 is 2.70 bits per heavy atom. The molecule has 6 nitrogen and oxygen atoms in total. The van der Waals surface area contributed by atoms with Gasteiger partial charge in [0.1, 0.15) is 12.0 Å². The van der Waals surface area contributed by atoms with Gasteiger partial charge < -0.3 is 10.4 Å². The summed E-state index contributed by atoms with van der Waals surface area (Å²) in [6.07, 6.45) is 6.73. The van der Waals surface area contributed by atoms with Crippen LogP contribution in [0.25, 0.3) is 0 Å². The van der Waals surface area contributed by atoms with Gasteiger partial charge >= 0.3 is 0 Å². The molecule has 0 atom stereocenters. The molecule has 110 valence electrons. The highest BCUT2D eigenvalue weighted by Gasteiger charge is 2.31. The largest absolute Gasteiger partial charge is 0.396 e. The molecule has 0 unspecified atom stereocenters. The van der Waals surface area contributed by atoms with E-state index in [1.807, 2.05) is 0 Å². The van der Waals surface area contributed by atoms with E-state index >= 15 is 0 Å². The molecular weight excluding hydrogens is 326 g/mol. The van der Waals surface area contributed by atoms with E-state index in [0.717, 1.165) is 25.7 Å². The van der Waals surface area contributed by atoms with Crippen LogP contribution in [-0.4, -0.2) is 28.2 Å². The number of aliphatic hydroxyl groups excluding tert-OH is 1. The van der Waals surface area contributed by atoms with Crippen LogP contribution in [0.1, 0.15) is 32.1 Å². The summed E-state index contributed by atoms with van der Waals surface area (Å²) < 4.78 is 0.565. The third kappa shape index (κ3) is 3.46. The Kier molecular flexibility index (Phi) is 4.93. The van der Waals surface area contributed by atoms with Crippen molar-refractivity contribution in [2.45, 2.75) is 32.1 Å². The van der Waals surface area contributed by atoms with Crippen molar-refractivity contribution in [1.29, 1.82) is 0 Å². The molecule has 2 N–H and O–H groups in total. The number of hydrogen-bond acceptors (Lipinski definition) is 5. The van der Waals surface area contributed by atoms with Crippen LogP contribution in [0.2, 0.25) is 0 Å². The molecule has 1 aromatic rings. The van der Waals surface area contributed by atoms with Gasteiger partial charge in [-0.3, -0.25) is 10.1 Å². The molecule has 1 aliphatic carbocycles. The smallest absolute Gasteiger partial charge is 0.288 e. The SMILES string of the molecule is O=[N+]([O-])c1cnc(NCC2(CO)CCCCC2)c(Br)c1. The summed E-state index contributed by atoms with van der Waals surface area (Å²) in [5.41, 5.74) is -0.141. The van der Waals surface area contributed by atoms with Crippen molar-refractivity contribution in [3.63, 3.8) is 0 Å². The second-order valence-electron chi connectivity index (χ2n) is 5.35. The number of hydrogen-bond donors (Lipinski definition) is 2. The number of aromatic nitrogens is 1. The normalized spacial score (nSPS) is 17.7. The van der Waals surface area contributed by atoms with Crippen molar-refractivity contribution >= 4 is 27.4 Å². The van der Waals surface area contributed by atoms with Gasteiger partial charge in [-0.15, -0.1) is 0 Å². The number of rotatable bonds is 5. The maximum Gasteiger partial charge on any atom is 0.288 e. The molecule has 1 fully saturated rings. The first-order valence-corrected chi connectivity index (χ1v) is 7.50. The Hall–Kier alpha value is -1.21. The predicted octanol–water partition coefficient (Wildman–Crippen LogP) is 3.11. The Morgan fingerprint density at radius 2 is 2.15 bits per heavy atom. The first kappa shape index (κ1) is 15.2. The summed E-state index contributed by atoms with van der Waals surface area (Å²) in [5.74, 6) is 0.578. The van der Waals surface area contributed by atoms with E-state index in [2.05, 4.69) is 26.2 Å². The summed E-state index contributed by atoms with van der Waals surface area (Å²) in [6, 6.07) is 1.43. The van der Waals surface area contributed by atoms with Crippen LogP contribution >= 0.6 is 15.9 Å². The van der Waals surface area contributed by atoms with Crippen LogP contribution in [0.15, 0.2) is 16.7 Å². The fraction of sp³-hybridized carbons (Fsp3) is 0.615. The van der Waals surface area contributed by atoms with Crippen LogP contribution in [0.5, 0.6) is 0 Å². The Morgan fingerprint density at radius 1 is 1.45 bits per heavy atom. The number of pyridine rings is 1. The Bertz CT molecular complexity index is 490. The third-order valence-electron chi connectivity index (χ3n) is 3.92. The molecular formula is C13H18BrN3O3. The molecule has 1 aromatic heterocycles. The second kappa shape index (κ2) is 6.49. The van der Waals surface area contributed by atoms with E-state index in [0.29, 0.717) is 16.8 Å². The van der Waals surface area contributed by atoms with Crippen LogP contribution in [-0.2, 0) is 0 Å². The lowest BCUT2D eigenvalue weighted by Gasteiger charge is -2.35. The van der Waals surface area contributed by atoms with Gasteiger partial charge in [0.05, 0.1) is 16.0 Å². The topological polar surface area (TPSA) is 88.3 Å². The number of nitrogens with zero attached hydrogens (tertiary/aromatic N) is 2. The molecule has 0 bridgehead atoms. The number of halogens is 1. The van der Waals surface area contributed by atoms with E-state index < -0.39 is 4.92 Å². The number of aliphatic hydroxyl groups is 1. The number of anilines is 1. The van der Waals surface area contributed by atoms with Gasteiger partial charge in [-0.25, -0.2) is 4.98 Å². The highest BCUT2D eigenvalue weighted by atomic mass is 79.9. The van der Waals surface area contributed by atoms with E-state index in [9.17, 15) is 15.2 Å². The molecule has 0 aromatic carbocycles. The first-order valence-electron chi connectivity index (χ1n) is 6.71. The maximum atomic E-state index is 10.7. The zero-order valence-corrected chi connectivity index (χ0v) is 12.7. The highest BCUT2D eigenvalue weighted by Crippen LogP contribution is 2.36. The van der Waals surface area contributed by atoms with Gasteiger partial charge in [0.25, 0.3) is 5.69 Å². The van der Waals surface area contributed by atoms with Crippen LogP contribution in [0, 0.1) is 15.5 Å². The molecule has 1 heterocycles. The lowest BCUT2D eigenvalue weighted by atomic mass is 9.74. The zero-order chi connectivity index (χ0) is 14.6. The number of nitro groups is 1. The summed E-state index contributed by atoms with van der Waals surface area (Å²) in [5, 5.41) is 23.5. The summed E-state index contributed by atoms with van der Waals surface area (Å²) in [6.45, 7) is 0.789. The monoisotopic (exact) mass is 343 g/mol.